The van der Waals surface area contributed by atoms with Gasteiger partial charge in [-0.3, -0.25) is 4.79 Å². The Hall–Kier alpha value is -2.73. The topological polar surface area (TPSA) is 66.9 Å². The number of para-hydroxylation sites is 1. The number of rotatable bonds is 4. The van der Waals surface area contributed by atoms with Gasteiger partial charge in [-0.2, -0.15) is 0 Å². The highest BCUT2D eigenvalue weighted by atomic mass is 79.9. The fraction of sp³-hybridized carbons (Fsp3) is 0.105. The number of aryl methyl sites for hydroxylation is 2. The van der Waals surface area contributed by atoms with Crippen molar-refractivity contribution < 1.29 is 4.79 Å². The van der Waals surface area contributed by atoms with Crippen molar-refractivity contribution in [3.8, 4) is 0 Å². The number of carbonyl (C=O) groups excluding carboxylic acids is 1. The maximum Gasteiger partial charge on any atom is 0.274 e. The summed E-state index contributed by atoms with van der Waals surface area (Å²) in [5, 5.41) is 6.07. The smallest absolute Gasteiger partial charge is 0.274 e. The van der Waals surface area contributed by atoms with Crippen LogP contribution in [-0.2, 0) is 0 Å². The van der Waals surface area contributed by atoms with E-state index >= 15 is 0 Å². The van der Waals surface area contributed by atoms with Crippen LogP contribution >= 0.6 is 15.9 Å². The maximum atomic E-state index is 12.5. The second-order valence-electron chi connectivity index (χ2n) is 5.61. The second kappa shape index (κ2) is 7.44. The molecule has 0 saturated carbocycles. The van der Waals surface area contributed by atoms with Crippen LogP contribution in [0, 0.1) is 13.8 Å². The van der Waals surface area contributed by atoms with Crippen molar-refractivity contribution in [2.45, 2.75) is 13.8 Å². The molecule has 0 fully saturated rings. The number of benzene rings is 2. The third-order valence-electron chi connectivity index (χ3n) is 3.48. The summed E-state index contributed by atoms with van der Waals surface area (Å²) >= 11 is 3.42. The molecule has 25 heavy (non-hydrogen) atoms. The number of nitrogens with zero attached hydrogens (tertiary/aromatic N) is 2. The molecule has 1 heterocycles. The number of hydrogen-bond donors (Lipinski definition) is 2. The van der Waals surface area contributed by atoms with E-state index in [1.807, 2.05) is 55.5 Å². The Morgan fingerprint density at radius 3 is 2.56 bits per heavy atom. The van der Waals surface area contributed by atoms with Gasteiger partial charge < -0.3 is 10.6 Å². The number of aromatic nitrogens is 2. The average Bonchev–Trinajstić information content (AvgIpc) is 2.56. The van der Waals surface area contributed by atoms with E-state index in [1.165, 1.54) is 0 Å². The van der Waals surface area contributed by atoms with Gasteiger partial charge >= 0.3 is 0 Å². The molecule has 0 unspecified atom stereocenters. The van der Waals surface area contributed by atoms with Crippen molar-refractivity contribution in [2.75, 3.05) is 10.6 Å². The summed E-state index contributed by atoms with van der Waals surface area (Å²) in [6.07, 6.45) is 0. The molecule has 126 valence electrons. The molecule has 0 aliphatic rings. The first-order valence-corrected chi connectivity index (χ1v) is 8.56. The van der Waals surface area contributed by atoms with Crippen LogP contribution in [0.5, 0.6) is 0 Å². The number of hydrogen-bond acceptors (Lipinski definition) is 4. The van der Waals surface area contributed by atoms with Gasteiger partial charge in [0.15, 0.2) is 0 Å². The molecule has 0 radical (unpaired) electrons. The van der Waals surface area contributed by atoms with Crippen molar-refractivity contribution in [1.82, 2.24) is 9.97 Å². The Morgan fingerprint density at radius 1 is 1.00 bits per heavy atom. The molecular formula is C19H17BrN4O. The SMILES string of the molecule is Cc1cccc(Nc2cc(C(=O)Nc3ccccc3Br)nc(C)n2)c1. The molecule has 1 aromatic heterocycles. The Labute approximate surface area is 154 Å². The lowest BCUT2D eigenvalue weighted by Crippen LogP contribution is -2.15. The zero-order valence-corrected chi connectivity index (χ0v) is 15.5. The van der Waals surface area contributed by atoms with Crippen LogP contribution in [0.3, 0.4) is 0 Å². The molecule has 2 aromatic carbocycles. The molecule has 0 saturated heterocycles. The molecule has 3 rings (SSSR count). The number of halogens is 1. The van der Waals surface area contributed by atoms with Gasteiger partial charge in [0, 0.05) is 16.2 Å². The summed E-state index contributed by atoms with van der Waals surface area (Å²) in [6, 6.07) is 17.0. The van der Waals surface area contributed by atoms with Crippen LogP contribution in [0.1, 0.15) is 21.9 Å². The minimum Gasteiger partial charge on any atom is -0.340 e. The number of amides is 1. The summed E-state index contributed by atoms with van der Waals surface area (Å²) in [5.74, 6) is 0.815. The first kappa shape index (κ1) is 17.1. The molecule has 0 aliphatic heterocycles. The Balaban J connectivity index is 1.83. The van der Waals surface area contributed by atoms with Gasteiger partial charge in [0.05, 0.1) is 5.69 Å². The summed E-state index contributed by atoms with van der Waals surface area (Å²) in [5.41, 5.74) is 3.05. The van der Waals surface area contributed by atoms with Gasteiger partial charge in [-0.25, -0.2) is 9.97 Å². The normalized spacial score (nSPS) is 10.4. The second-order valence-corrected chi connectivity index (χ2v) is 6.47. The zero-order chi connectivity index (χ0) is 17.8. The quantitative estimate of drug-likeness (QED) is 0.661. The van der Waals surface area contributed by atoms with E-state index in [0.29, 0.717) is 23.0 Å². The van der Waals surface area contributed by atoms with Crippen molar-refractivity contribution >= 4 is 39.0 Å². The van der Waals surface area contributed by atoms with Crippen molar-refractivity contribution in [3.63, 3.8) is 0 Å². The largest absolute Gasteiger partial charge is 0.340 e. The highest BCUT2D eigenvalue weighted by Gasteiger charge is 2.12. The lowest BCUT2D eigenvalue weighted by atomic mass is 10.2. The Bertz CT molecular complexity index is 927. The van der Waals surface area contributed by atoms with Crippen LogP contribution < -0.4 is 10.6 Å². The van der Waals surface area contributed by atoms with E-state index in [0.717, 1.165) is 15.7 Å². The molecule has 3 aromatic rings. The average molecular weight is 397 g/mol. The highest BCUT2D eigenvalue weighted by Crippen LogP contribution is 2.22. The van der Waals surface area contributed by atoms with Gasteiger partial charge in [0.2, 0.25) is 0 Å². The molecule has 0 atom stereocenters. The first-order chi connectivity index (χ1) is 12.0. The predicted octanol–water partition coefficient (Wildman–Crippen LogP) is 4.85. The molecular weight excluding hydrogens is 380 g/mol. The molecule has 6 heteroatoms. The number of carbonyl (C=O) groups is 1. The number of anilines is 3. The van der Waals surface area contributed by atoms with Crippen LogP contribution in [0.25, 0.3) is 0 Å². The van der Waals surface area contributed by atoms with Crippen LogP contribution in [-0.4, -0.2) is 15.9 Å². The van der Waals surface area contributed by atoms with Crippen LogP contribution in [0.4, 0.5) is 17.2 Å². The zero-order valence-electron chi connectivity index (χ0n) is 13.9. The maximum absolute atomic E-state index is 12.5. The first-order valence-electron chi connectivity index (χ1n) is 7.76. The molecule has 1 amide bonds. The Morgan fingerprint density at radius 2 is 1.80 bits per heavy atom. The van der Waals surface area contributed by atoms with Gasteiger partial charge in [-0.15, -0.1) is 0 Å². The van der Waals surface area contributed by atoms with E-state index in [-0.39, 0.29) is 5.91 Å². The predicted molar refractivity (Wildman–Crippen MR) is 103 cm³/mol. The molecule has 5 nitrogen and oxygen atoms in total. The van der Waals surface area contributed by atoms with Gasteiger partial charge in [-0.05, 0) is 59.6 Å². The standard InChI is InChI=1S/C19H17BrN4O/c1-12-6-5-7-14(10-12)23-18-11-17(21-13(2)22-18)19(25)24-16-9-4-3-8-15(16)20/h3-11H,1-2H3,(H,24,25)(H,21,22,23). The van der Waals surface area contributed by atoms with Crippen molar-refractivity contribution in [3.05, 3.63) is 76.2 Å². The van der Waals surface area contributed by atoms with E-state index in [4.69, 9.17) is 0 Å². The monoisotopic (exact) mass is 396 g/mol. The lowest BCUT2D eigenvalue weighted by Gasteiger charge is -2.10. The molecule has 0 spiro atoms. The van der Waals surface area contributed by atoms with E-state index < -0.39 is 0 Å². The van der Waals surface area contributed by atoms with E-state index in [1.54, 1.807) is 13.0 Å². The van der Waals surface area contributed by atoms with Gasteiger partial charge in [-0.1, -0.05) is 24.3 Å². The van der Waals surface area contributed by atoms with Crippen molar-refractivity contribution in [2.24, 2.45) is 0 Å². The molecule has 0 bridgehead atoms. The summed E-state index contributed by atoms with van der Waals surface area (Å²) in [4.78, 5) is 21.1. The van der Waals surface area contributed by atoms with Crippen LogP contribution in [0.15, 0.2) is 59.1 Å². The summed E-state index contributed by atoms with van der Waals surface area (Å²) in [7, 11) is 0. The Kier molecular flexibility index (Phi) is 5.09. The van der Waals surface area contributed by atoms with E-state index in [2.05, 4.69) is 36.5 Å². The fourth-order valence-electron chi connectivity index (χ4n) is 2.37. The van der Waals surface area contributed by atoms with Crippen molar-refractivity contribution in [1.29, 1.82) is 0 Å². The third kappa shape index (κ3) is 4.42. The number of nitrogens with one attached hydrogen (secondary N) is 2. The summed E-state index contributed by atoms with van der Waals surface area (Å²) < 4.78 is 0.812. The molecule has 0 aliphatic carbocycles. The molecule has 2 N–H and O–H groups in total. The van der Waals surface area contributed by atoms with Gasteiger partial charge in [0.1, 0.15) is 17.3 Å². The fourth-order valence-corrected chi connectivity index (χ4v) is 2.75. The third-order valence-corrected chi connectivity index (χ3v) is 4.17. The summed E-state index contributed by atoms with van der Waals surface area (Å²) in [6.45, 7) is 3.78. The van der Waals surface area contributed by atoms with Gasteiger partial charge in [0.25, 0.3) is 5.91 Å². The lowest BCUT2D eigenvalue weighted by molar-refractivity contribution is 0.102. The van der Waals surface area contributed by atoms with E-state index in [9.17, 15) is 4.79 Å². The highest BCUT2D eigenvalue weighted by molar-refractivity contribution is 9.10. The minimum absolute atomic E-state index is 0.287. The minimum atomic E-state index is -0.287. The van der Waals surface area contributed by atoms with Crippen LogP contribution in [0.2, 0.25) is 0 Å².